The summed E-state index contributed by atoms with van der Waals surface area (Å²) in [7, 11) is 0. The van der Waals surface area contributed by atoms with Crippen LogP contribution in [0, 0.1) is 0 Å². The van der Waals surface area contributed by atoms with Crippen molar-refractivity contribution in [3.05, 3.63) is 440 Å². The van der Waals surface area contributed by atoms with E-state index in [9.17, 15) is 0 Å². The molecular formula is C113H77BN4. The van der Waals surface area contributed by atoms with E-state index in [-0.39, 0.29) is 12.1 Å². The summed E-state index contributed by atoms with van der Waals surface area (Å²) in [4.78, 5) is 5.47. The summed E-state index contributed by atoms with van der Waals surface area (Å²) in [5.74, 6) is 0. The fourth-order valence-electron chi connectivity index (χ4n) is 20.9. The molecule has 0 N–H and O–H groups in total. The first kappa shape index (κ1) is 67.7. The molecule has 24 rings (SSSR count). The standard InChI is InChI=1S/C113H77BN4/c1-112(2,3)80-66-107-109-108(67-80)118(111-91(76-42-18-8-19-43-76)64-79(73-36-12-5-13-37-73)65-92(111)77-44-20-9-21-45-77)106-69-82(116-103-57-33-27-51-88(103)94-70-93-85-48-24-30-54-97(85)113(98(93)71-104(94)116)95-52-28-22-46-83(95)84-47-23-29-53-96(84)113)59-61-100(106)114(109)99-60-58-81(115-101-55-31-25-49-86(101)87-50-26-32-56-102(87)115)68-105(99)117(107)110-89(74-38-14-6-15-39-74)62-78(72-34-10-4-11-35-72)63-90(110)75-40-16-7-17-41-75/h4-71H,1-3H3. The highest BCUT2D eigenvalue weighted by atomic mass is 15.2. The summed E-state index contributed by atoms with van der Waals surface area (Å²) in [6.07, 6.45) is 0. The van der Waals surface area contributed by atoms with E-state index in [0.29, 0.717) is 0 Å². The molecule has 2 aliphatic heterocycles. The Hall–Kier alpha value is -14.8. The van der Waals surface area contributed by atoms with E-state index >= 15 is 0 Å². The molecule has 20 aromatic rings. The van der Waals surface area contributed by atoms with Crippen LogP contribution in [0.3, 0.4) is 0 Å². The highest BCUT2D eigenvalue weighted by Gasteiger charge is 2.53. The lowest BCUT2D eigenvalue weighted by atomic mass is 9.33. The molecule has 0 saturated heterocycles. The molecule has 0 unspecified atom stereocenters. The predicted octanol–water partition coefficient (Wildman–Crippen LogP) is 27.6. The van der Waals surface area contributed by atoms with E-state index in [1.54, 1.807) is 0 Å². The average molecular weight is 1500 g/mol. The van der Waals surface area contributed by atoms with E-state index in [2.05, 4.69) is 452 Å². The lowest BCUT2D eigenvalue weighted by Crippen LogP contribution is -2.61. The molecule has 1 spiro atoms. The van der Waals surface area contributed by atoms with Gasteiger partial charge in [-0.2, -0.15) is 0 Å². The molecule has 0 fully saturated rings. The van der Waals surface area contributed by atoms with Gasteiger partial charge in [-0.05, 0) is 207 Å². The molecule has 0 radical (unpaired) electrons. The highest BCUT2D eigenvalue weighted by molar-refractivity contribution is 7.00. The quantitative estimate of drug-likeness (QED) is 0.127. The van der Waals surface area contributed by atoms with Gasteiger partial charge in [0.2, 0.25) is 0 Å². The first-order valence-corrected chi connectivity index (χ1v) is 41.3. The van der Waals surface area contributed by atoms with Gasteiger partial charge in [-0.25, -0.2) is 0 Å². The molecule has 18 aromatic carbocycles. The zero-order chi connectivity index (χ0) is 78.1. The van der Waals surface area contributed by atoms with E-state index in [1.165, 1.54) is 88.0 Å². The van der Waals surface area contributed by atoms with Crippen LogP contribution >= 0.6 is 0 Å². The van der Waals surface area contributed by atoms with Crippen LogP contribution in [0.4, 0.5) is 34.1 Å². The van der Waals surface area contributed by atoms with Crippen molar-refractivity contribution in [3.63, 3.8) is 0 Å². The van der Waals surface area contributed by atoms with Crippen molar-refractivity contribution in [2.45, 2.75) is 31.6 Å². The molecule has 4 heterocycles. The van der Waals surface area contributed by atoms with Crippen molar-refractivity contribution in [1.29, 1.82) is 0 Å². The van der Waals surface area contributed by atoms with Crippen LogP contribution < -0.4 is 26.2 Å². The Morgan fingerprint density at radius 3 is 0.932 bits per heavy atom. The van der Waals surface area contributed by atoms with Crippen LogP contribution in [0.25, 0.3) is 144 Å². The Balaban J connectivity index is 0.857. The van der Waals surface area contributed by atoms with Crippen molar-refractivity contribution < 1.29 is 0 Å². The first-order valence-electron chi connectivity index (χ1n) is 41.3. The summed E-state index contributed by atoms with van der Waals surface area (Å²) >= 11 is 0. The Labute approximate surface area is 687 Å². The summed E-state index contributed by atoms with van der Waals surface area (Å²) < 4.78 is 5.12. The van der Waals surface area contributed by atoms with Crippen molar-refractivity contribution in [1.82, 2.24) is 9.13 Å². The molecule has 5 heteroatoms. The second-order valence-electron chi connectivity index (χ2n) is 33.3. The van der Waals surface area contributed by atoms with Crippen molar-refractivity contribution in [2.24, 2.45) is 0 Å². The predicted molar refractivity (Wildman–Crippen MR) is 497 cm³/mol. The molecular weight excluding hydrogens is 1420 g/mol. The lowest BCUT2D eigenvalue weighted by Gasteiger charge is -2.46. The molecule has 118 heavy (non-hydrogen) atoms. The molecule has 0 bridgehead atoms. The fraction of sp³-hybridized carbons (Fsp3) is 0.0442. The van der Waals surface area contributed by atoms with E-state index in [0.717, 1.165) is 134 Å². The Morgan fingerprint density at radius 2 is 0.551 bits per heavy atom. The van der Waals surface area contributed by atoms with Gasteiger partial charge in [-0.3, -0.25) is 0 Å². The number of hydrogen-bond donors (Lipinski definition) is 0. The van der Waals surface area contributed by atoms with Crippen LogP contribution in [-0.4, -0.2) is 15.8 Å². The van der Waals surface area contributed by atoms with Gasteiger partial charge in [0.25, 0.3) is 6.71 Å². The molecule has 4 aliphatic rings. The Bertz CT molecular complexity index is 7300. The molecule has 0 amide bonds. The number of aromatic nitrogens is 2. The number of benzene rings is 18. The maximum atomic E-state index is 2.75. The topological polar surface area (TPSA) is 16.3 Å². The smallest absolute Gasteiger partial charge is 0.252 e. The zero-order valence-electron chi connectivity index (χ0n) is 65.6. The van der Waals surface area contributed by atoms with Gasteiger partial charge >= 0.3 is 0 Å². The van der Waals surface area contributed by atoms with Crippen molar-refractivity contribution >= 4 is 101 Å². The van der Waals surface area contributed by atoms with Gasteiger partial charge in [0.15, 0.2) is 0 Å². The van der Waals surface area contributed by atoms with Crippen molar-refractivity contribution in [3.8, 4) is 100 Å². The Kier molecular flexibility index (Phi) is 15.0. The Morgan fingerprint density at radius 1 is 0.229 bits per heavy atom. The molecule has 2 aliphatic carbocycles. The van der Waals surface area contributed by atoms with Gasteiger partial charge in [0.05, 0.1) is 38.9 Å². The number of fused-ring (bicyclic) bond motifs is 20. The van der Waals surface area contributed by atoms with Gasteiger partial charge in [-0.1, -0.05) is 342 Å². The van der Waals surface area contributed by atoms with Gasteiger partial charge in [0, 0.05) is 77.9 Å². The second kappa shape index (κ2) is 26.1. The normalized spacial score (nSPS) is 13.2. The second-order valence-corrected chi connectivity index (χ2v) is 33.3. The van der Waals surface area contributed by atoms with E-state index in [1.807, 2.05) is 0 Å². The van der Waals surface area contributed by atoms with Crippen LogP contribution in [-0.2, 0) is 10.8 Å². The van der Waals surface area contributed by atoms with Crippen LogP contribution in [0.15, 0.2) is 413 Å². The third-order valence-electron chi connectivity index (χ3n) is 26.0. The molecule has 0 atom stereocenters. The van der Waals surface area contributed by atoms with Gasteiger partial charge in [0.1, 0.15) is 0 Å². The first-order chi connectivity index (χ1) is 58.2. The number of para-hydroxylation sites is 3. The average Bonchev–Trinajstić information content (AvgIpc) is 1.18. The van der Waals surface area contributed by atoms with Gasteiger partial charge < -0.3 is 18.9 Å². The number of nitrogens with zero attached hydrogens (tertiary/aromatic N) is 4. The minimum atomic E-state index is -0.557. The van der Waals surface area contributed by atoms with Crippen LogP contribution in [0.1, 0.15) is 48.6 Å². The minimum Gasteiger partial charge on any atom is -0.310 e. The number of hydrogen-bond acceptors (Lipinski definition) is 2. The summed E-state index contributed by atoms with van der Waals surface area (Å²) in [5.41, 5.74) is 41.4. The van der Waals surface area contributed by atoms with E-state index < -0.39 is 5.41 Å². The third-order valence-corrected chi connectivity index (χ3v) is 26.0. The van der Waals surface area contributed by atoms with Gasteiger partial charge in [-0.15, -0.1) is 0 Å². The minimum absolute atomic E-state index is 0.298. The monoisotopic (exact) mass is 1500 g/mol. The SMILES string of the molecule is CC(C)(C)c1cc2c3c(c1)N(c1c(-c4ccccc4)cc(-c4ccccc4)cc1-c1ccccc1)c1cc(-n4c5ccccc5c5cc6c(cc54)C4(c5ccccc5-c5ccccc54)c4ccccc4-6)ccc1B3c1ccc(-n3c4ccccc4c4ccccc43)cc1N2c1c(-c2ccccc2)cc(-c2ccccc2)cc1-c1ccccc1. The largest absolute Gasteiger partial charge is 0.310 e. The van der Waals surface area contributed by atoms with Crippen molar-refractivity contribution in [2.75, 3.05) is 9.80 Å². The fourth-order valence-corrected chi connectivity index (χ4v) is 20.9. The number of rotatable bonds is 10. The highest BCUT2D eigenvalue weighted by Crippen LogP contribution is 2.64. The number of anilines is 6. The summed E-state index contributed by atoms with van der Waals surface area (Å²) in [5, 5.41) is 4.87. The zero-order valence-corrected chi connectivity index (χ0v) is 65.6. The summed E-state index contributed by atoms with van der Waals surface area (Å²) in [6.45, 7) is 6.92. The molecule has 0 saturated carbocycles. The maximum Gasteiger partial charge on any atom is 0.252 e. The molecule has 2 aromatic heterocycles. The van der Waals surface area contributed by atoms with Crippen LogP contribution in [0.5, 0.6) is 0 Å². The maximum absolute atomic E-state index is 2.75. The molecule has 4 nitrogen and oxygen atoms in total. The van der Waals surface area contributed by atoms with E-state index in [4.69, 9.17) is 0 Å². The molecule has 552 valence electrons. The summed E-state index contributed by atoms with van der Waals surface area (Å²) in [6, 6.07) is 157. The lowest BCUT2D eigenvalue weighted by molar-refractivity contribution is 0.590. The third kappa shape index (κ3) is 9.98. The van der Waals surface area contributed by atoms with Crippen LogP contribution in [0.2, 0.25) is 0 Å².